The Morgan fingerprint density at radius 1 is 1.25 bits per heavy atom. The van der Waals surface area contributed by atoms with Gasteiger partial charge in [0.2, 0.25) is 0 Å². The number of methoxy groups -OCH3 is 1. The highest BCUT2D eigenvalue weighted by atomic mass is 79.9. The maximum atomic E-state index is 14.0. The van der Waals surface area contributed by atoms with E-state index >= 15 is 0 Å². The van der Waals surface area contributed by atoms with Gasteiger partial charge in [0.05, 0.1) is 12.6 Å². The van der Waals surface area contributed by atoms with Gasteiger partial charge in [-0.05, 0) is 25.1 Å². The van der Waals surface area contributed by atoms with Crippen molar-refractivity contribution in [3.63, 3.8) is 0 Å². The lowest BCUT2D eigenvalue weighted by Crippen LogP contribution is -2.10. The molecule has 0 radical (unpaired) electrons. The molecular formula is C16H17BrFNO. The third-order valence-corrected chi connectivity index (χ3v) is 3.61. The van der Waals surface area contributed by atoms with Crippen molar-refractivity contribution in [2.75, 3.05) is 12.4 Å². The third-order valence-electron chi connectivity index (χ3n) is 3.12. The van der Waals surface area contributed by atoms with Crippen molar-refractivity contribution in [1.29, 1.82) is 0 Å². The second kappa shape index (κ2) is 6.86. The summed E-state index contributed by atoms with van der Waals surface area (Å²) < 4.78 is 19.9. The molecule has 0 amide bonds. The zero-order chi connectivity index (χ0) is 14.5. The highest BCUT2D eigenvalue weighted by molar-refractivity contribution is 9.10. The number of hydrogen-bond acceptors (Lipinski definition) is 2. The smallest absolute Gasteiger partial charge is 0.129 e. The van der Waals surface area contributed by atoms with Gasteiger partial charge < -0.3 is 10.1 Å². The number of nitrogens with one attached hydrogen (secondary N) is 1. The first kappa shape index (κ1) is 15.0. The number of anilines is 1. The van der Waals surface area contributed by atoms with Crippen LogP contribution in [0.4, 0.5) is 10.1 Å². The van der Waals surface area contributed by atoms with Gasteiger partial charge in [-0.2, -0.15) is 0 Å². The largest absolute Gasteiger partial charge is 0.380 e. The number of hydrogen-bond donors (Lipinski definition) is 1. The Morgan fingerprint density at radius 3 is 2.70 bits per heavy atom. The van der Waals surface area contributed by atoms with Crippen LogP contribution in [0.15, 0.2) is 46.9 Å². The fourth-order valence-corrected chi connectivity index (χ4v) is 2.44. The van der Waals surface area contributed by atoms with Gasteiger partial charge in [-0.25, -0.2) is 4.39 Å². The number of ether oxygens (including phenoxy) is 1. The Labute approximate surface area is 127 Å². The molecule has 0 aromatic heterocycles. The summed E-state index contributed by atoms with van der Waals surface area (Å²) in [6, 6.07) is 12.9. The van der Waals surface area contributed by atoms with E-state index in [0.29, 0.717) is 12.2 Å². The molecule has 0 spiro atoms. The lowest BCUT2D eigenvalue weighted by atomic mass is 10.1. The molecule has 1 atom stereocenters. The van der Waals surface area contributed by atoms with Crippen molar-refractivity contribution in [2.45, 2.75) is 19.6 Å². The minimum atomic E-state index is -0.219. The summed E-state index contributed by atoms with van der Waals surface area (Å²) in [4.78, 5) is 0. The van der Waals surface area contributed by atoms with Crippen LogP contribution in [-0.2, 0) is 11.3 Å². The van der Waals surface area contributed by atoms with Crippen LogP contribution in [0.1, 0.15) is 24.1 Å². The Bertz CT molecular complexity index is 588. The molecule has 0 aliphatic rings. The summed E-state index contributed by atoms with van der Waals surface area (Å²) in [7, 11) is 1.66. The molecule has 0 heterocycles. The van der Waals surface area contributed by atoms with Gasteiger partial charge >= 0.3 is 0 Å². The van der Waals surface area contributed by atoms with Crippen LogP contribution in [0.25, 0.3) is 0 Å². The second-order valence-electron chi connectivity index (χ2n) is 4.62. The van der Waals surface area contributed by atoms with Crippen molar-refractivity contribution in [3.8, 4) is 0 Å². The van der Waals surface area contributed by atoms with Gasteiger partial charge in [0.25, 0.3) is 0 Å². The molecular weight excluding hydrogens is 321 g/mol. The van der Waals surface area contributed by atoms with Gasteiger partial charge in [-0.15, -0.1) is 0 Å². The van der Waals surface area contributed by atoms with E-state index < -0.39 is 0 Å². The topological polar surface area (TPSA) is 21.3 Å². The Hall–Kier alpha value is -1.39. The Morgan fingerprint density at radius 2 is 2.00 bits per heavy atom. The minimum Gasteiger partial charge on any atom is -0.380 e. The van der Waals surface area contributed by atoms with Crippen molar-refractivity contribution < 1.29 is 9.13 Å². The van der Waals surface area contributed by atoms with E-state index in [1.807, 2.05) is 37.3 Å². The molecule has 0 saturated carbocycles. The van der Waals surface area contributed by atoms with Crippen LogP contribution in [0.2, 0.25) is 0 Å². The summed E-state index contributed by atoms with van der Waals surface area (Å²) >= 11 is 3.27. The number of halogens is 2. The molecule has 0 aliphatic heterocycles. The van der Waals surface area contributed by atoms with Gasteiger partial charge in [0.15, 0.2) is 0 Å². The van der Waals surface area contributed by atoms with Crippen LogP contribution < -0.4 is 5.32 Å². The fourth-order valence-electron chi connectivity index (χ4n) is 2.11. The molecule has 2 nitrogen and oxygen atoms in total. The van der Waals surface area contributed by atoms with E-state index in [-0.39, 0.29) is 11.9 Å². The van der Waals surface area contributed by atoms with Crippen LogP contribution in [0.5, 0.6) is 0 Å². The average molecular weight is 338 g/mol. The van der Waals surface area contributed by atoms with Gasteiger partial charge in [-0.3, -0.25) is 0 Å². The van der Waals surface area contributed by atoms with Crippen molar-refractivity contribution >= 4 is 21.6 Å². The van der Waals surface area contributed by atoms with Gasteiger partial charge in [0.1, 0.15) is 5.82 Å². The van der Waals surface area contributed by atoms with E-state index in [1.165, 1.54) is 6.07 Å². The van der Waals surface area contributed by atoms with Crippen LogP contribution in [0.3, 0.4) is 0 Å². The fraction of sp³-hybridized carbons (Fsp3) is 0.250. The van der Waals surface area contributed by atoms with Crippen molar-refractivity contribution in [3.05, 3.63) is 63.9 Å². The molecule has 0 aliphatic carbocycles. The SMILES string of the molecule is COCc1ccccc1NC(C)c1ccc(Br)cc1F. The highest BCUT2D eigenvalue weighted by Gasteiger charge is 2.12. The lowest BCUT2D eigenvalue weighted by Gasteiger charge is -2.19. The Kier molecular flexibility index (Phi) is 5.15. The van der Waals surface area contributed by atoms with E-state index in [0.717, 1.165) is 15.7 Å². The summed E-state index contributed by atoms with van der Waals surface area (Å²) in [5.74, 6) is -0.219. The zero-order valence-electron chi connectivity index (χ0n) is 11.5. The first-order chi connectivity index (χ1) is 9.61. The van der Waals surface area contributed by atoms with E-state index in [4.69, 9.17) is 4.74 Å². The molecule has 2 aromatic carbocycles. The molecule has 1 N–H and O–H groups in total. The van der Waals surface area contributed by atoms with Crippen molar-refractivity contribution in [2.24, 2.45) is 0 Å². The van der Waals surface area contributed by atoms with Crippen LogP contribution >= 0.6 is 15.9 Å². The van der Waals surface area contributed by atoms with Crippen LogP contribution in [-0.4, -0.2) is 7.11 Å². The third kappa shape index (κ3) is 3.58. The van der Waals surface area contributed by atoms with E-state index in [2.05, 4.69) is 21.2 Å². The summed E-state index contributed by atoms with van der Waals surface area (Å²) in [5.41, 5.74) is 2.66. The predicted molar refractivity (Wildman–Crippen MR) is 83.3 cm³/mol. The van der Waals surface area contributed by atoms with Gasteiger partial charge in [0, 0.05) is 28.4 Å². The number of rotatable bonds is 5. The van der Waals surface area contributed by atoms with E-state index in [1.54, 1.807) is 13.2 Å². The summed E-state index contributed by atoms with van der Waals surface area (Å²) in [6.45, 7) is 2.47. The minimum absolute atomic E-state index is 0.124. The Balaban J connectivity index is 2.21. The van der Waals surface area contributed by atoms with Gasteiger partial charge in [-0.1, -0.05) is 40.2 Å². The van der Waals surface area contributed by atoms with Crippen LogP contribution in [0, 0.1) is 5.82 Å². The monoisotopic (exact) mass is 337 g/mol. The number of benzene rings is 2. The molecule has 20 heavy (non-hydrogen) atoms. The lowest BCUT2D eigenvalue weighted by molar-refractivity contribution is 0.185. The van der Waals surface area contributed by atoms with Crippen molar-refractivity contribution in [1.82, 2.24) is 0 Å². The predicted octanol–water partition coefficient (Wildman–Crippen LogP) is 4.91. The maximum Gasteiger partial charge on any atom is 0.129 e. The zero-order valence-corrected chi connectivity index (χ0v) is 13.1. The maximum absolute atomic E-state index is 14.0. The normalized spacial score (nSPS) is 12.2. The molecule has 106 valence electrons. The second-order valence-corrected chi connectivity index (χ2v) is 5.54. The quantitative estimate of drug-likeness (QED) is 0.837. The highest BCUT2D eigenvalue weighted by Crippen LogP contribution is 2.26. The summed E-state index contributed by atoms with van der Waals surface area (Å²) in [5, 5.41) is 3.34. The molecule has 1 unspecified atom stereocenters. The molecule has 2 rings (SSSR count). The molecule has 2 aromatic rings. The first-order valence-electron chi connectivity index (χ1n) is 6.40. The molecule has 0 bridgehead atoms. The standard InChI is InChI=1S/C16H17BrFNO/c1-11(14-8-7-13(17)9-15(14)18)19-16-6-4-3-5-12(16)10-20-2/h3-9,11,19H,10H2,1-2H3. The summed E-state index contributed by atoms with van der Waals surface area (Å²) in [6.07, 6.45) is 0. The first-order valence-corrected chi connectivity index (χ1v) is 7.19. The average Bonchev–Trinajstić information content (AvgIpc) is 2.41. The number of para-hydroxylation sites is 1. The molecule has 0 saturated heterocycles. The molecule has 4 heteroatoms. The van der Waals surface area contributed by atoms with E-state index in [9.17, 15) is 4.39 Å². The molecule has 0 fully saturated rings.